The molecule has 0 radical (unpaired) electrons. The molecule has 2 aromatic carbocycles. The van der Waals surface area contributed by atoms with Gasteiger partial charge in [0.1, 0.15) is 6.04 Å². The van der Waals surface area contributed by atoms with E-state index in [-0.39, 0.29) is 16.1 Å². The summed E-state index contributed by atoms with van der Waals surface area (Å²) in [4.78, 5) is 51.1. The lowest BCUT2D eigenvalue weighted by Gasteiger charge is -2.27. The van der Waals surface area contributed by atoms with Crippen molar-refractivity contribution in [3.05, 3.63) is 63.6 Å². The van der Waals surface area contributed by atoms with Crippen molar-refractivity contribution in [3.63, 3.8) is 0 Å². The van der Waals surface area contributed by atoms with Crippen molar-refractivity contribution >= 4 is 52.6 Å². The second-order valence-electron chi connectivity index (χ2n) is 7.00. The number of rotatable bonds is 6. The maximum atomic E-state index is 12.7. The van der Waals surface area contributed by atoms with E-state index in [1.54, 1.807) is 32.0 Å². The summed E-state index contributed by atoms with van der Waals surface area (Å²) < 4.78 is 5.11. The van der Waals surface area contributed by atoms with Gasteiger partial charge in [-0.05, 0) is 36.2 Å². The van der Waals surface area contributed by atoms with Gasteiger partial charge in [-0.25, -0.2) is 4.79 Å². The standard InChI is InChI=1S/C21H18Cl2N2O5/c1-11(2)18(25-19(27)13-5-3-4-6-14(13)20(25)28)21(29)30-10-17(26)24-12-7-8-15(22)16(23)9-12/h3-9,11,18H,10H2,1-2H3,(H,24,26)/t18-/m1/s1. The van der Waals surface area contributed by atoms with Crippen LogP contribution in [-0.4, -0.2) is 41.2 Å². The highest BCUT2D eigenvalue weighted by Gasteiger charge is 2.44. The molecular formula is C21H18Cl2N2O5. The molecule has 30 heavy (non-hydrogen) atoms. The minimum absolute atomic E-state index is 0.235. The van der Waals surface area contributed by atoms with Crippen LogP contribution in [0, 0.1) is 5.92 Å². The van der Waals surface area contributed by atoms with Crippen molar-refractivity contribution < 1.29 is 23.9 Å². The Morgan fingerprint density at radius 1 is 1.00 bits per heavy atom. The van der Waals surface area contributed by atoms with Gasteiger partial charge >= 0.3 is 5.97 Å². The fourth-order valence-corrected chi connectivity index (χ4v) is 3.43. The Hall–Kier alpha value is -2.90. The molecule has 9 heteroatoms. The largest absolute Gasteiger partial charge is 0.454 e. The van der Waals surface area contributed by atoms with Gasteiger partial charge in [0, 0.05) is 5.69 Å². The van der Waals surface area contributed by atoms with Gasteiger partial charge < -0.3 is 10.1 Å². The number of carbonyl (C=O) groups is 4. The first-order valence-electron chi connectivity index (χ1n) is 9.09. The van der Waals surface area contributed by atoms with Crippen LogP contribution >= 0.6 is 23.2 Å². The summed E-state index contributed by atoms with van der Waals surface area (Å²) in [7, 11) is 0. The zero-order valence-corrected chi connectivity index (χ0v) is 17.7. The van der Waals surface area contributed by atoms with Gasteiger partial charge in [0.15, 0.2) is 6.61 Å². The Kier molecular flexibility index (Phi) is 6.43. The molecule has 1 heterocycles. The molecule has 156 valence electrons. The van der Waals surface area contributed by atoms with Crippen LogP contribution in [0.1, 0.15) is 34.6 Å². The summed E-state index contributed by atoms with van der Waals surface area (Å²) in [5.41, 5.74) is 0.850. The lowest BCUT2D eigenvalue weighted by atomic mass is 10.0. The quantitative estimate of drug-likeness (QED) is 0.535. The Morgan fingerprint density at radius 2 is 1.60 bits per heavy atom. The van der Waals surface area contributed by atoms with Gasteiger partial charge in [0.25, 0.3) is 17.7 Å². The lowest BCUT2D eigenvalue weighted by molar-refractivity contribution is -0.152. The number of nitrogens with zero attached hydrogens (tertiary/aromatic N) is 1. The molecule has 0 bridgehead atoms. The number of carbonyl (C=O) groups excluding carboxylic acids is 4. The molecule has 0 fully saturated rings. The zero-order chi connectivity index (χ0) is 22.0. The van der Waals surface area contributed by atoms with Gasteiger partial charge in [0.05, 0.1) is 21.2 Å². The molecule has 0 saturated carbocycles. The smallest absolute Gasteiger partial charge is 0.330 e. The third kappa shape index (κ3) is 4.32. The maximum absolute atomic E-state index is 12.7. The Bertz CT molecular complexity index is 1000. The molecule has 0 saturated heterocycles. The summed E-state index contributed by atoms with van der Waals surface area (Å²) >= 11 is 11.7. The molecule has 0 spiro atoms. The average molecular weight is 449 g/mol. The zero-order valence-electron chi connectivity index (χ0n) is 16.1. The molecule has 3 rings (SSSR count). The van der Waals surface area contributed by atoms with E-state index in [9.17, 15) is 19.2 Å². The van der Waals surface area contributed by atoms with E-state index in [4.69, 9.17) is 27.9 Å². The number of amides is 3. The number of hydrogen-bond donors (Lipinski definition) is 1. The van der Waals surface area contributed by atoms with Gasteiger partial charge in [-0.15, -0.1) is 0 Å². The minimum atomic E-state index is -1.16. The van der Waals surface area contributed by atoms with E-state index in [1.165, 1.54) is 24.3 Å². The molecule has 7 nitrogen and oxygen atoms in total. The predicted molar refractivity (Wildman–Crippen MR) is 112 cm³/mol. The highest BCUT2D eigenvalue weighted by atomic mass is 35.5. The van der Waals surface area contributed by atoms with Gasteiger partial charge in [0.2, 0.25) is 0 Å². The second-order valence-corrected chi connectivity index (χ2v) is 7.81. The minimum Gasteiger partial charge on any atom is -0.454 e. The molecule has 3 amide bonds. The van der Waals surface area contributed by atoms with Crippen LogP contribution in [0.2, 0.25) is 10.0 Å². The van der Waals surface area contributed by atoms with Crippen molar-refractivity contribution in [2.45, 2.75) is 19.9 Å². The molecule has 0 unspecified atom stereocenters. The summed E-state index contributed by atoms with van der Waals surface area (Å²) in [6, 6.07) is 9.71. The molecule has 1 atom stereocenters. The van der Waals surface area contributed by atoms with Crippen LogP contribution in [0.15, 0.2) is 42.5 Å². The van der Waals surface area contributed by atoms with Gasteiger partial charge in [-0.2, -0.15) is 0 Å². The van der Waals surface area contributed by atoms with E-state index >= 15 is 0 Å². The molecular weight excluding hydrogens is 431 g/mol. The fraction of sp³-hybridized carbons (Fsp3) is 0.238. The number of nitrogens with one attached hydrogen (secondary N) is 1. The van der Waals surface area contributed by atoms with Gasteiger partial charge in [-0.3, -0.25) is 19.3 Å². The Balaban J connectivity index is 1.68. The van der Waals surface area contributed by atoms with Crippen molar-refractivity contribution in [2.75, 3.05) is 11.9 Å². The van der Waals surface area contributed by atoms with Crippen LogP contribution in [-0.2, 0) is 14.3 Å². The van der Waals surface area contributed by atoms with Gasteiger partial charge in [-0.1, -0.05) is 49.2 Å². The van der Waals surface area contributed by atoms with Crippen LogP contribution in [0.5, 0.6) is 0 Å². The third-order valence-electron chi connectivity index (χ3n) is 4.53. The van der Waals surface area contributed by atoms with E-state index in [2.05, 4.69) is 5.32 Å². The fourth-order valence-electron chi connectivity index (χ4n) is 3.13. The van der Waals surface area contributed by atoms with E-state index < -0.39 is 42.3 Å². The molecule has 1 N–H and O–H groups in total. The summed E-state index contributed by atoms with van der Waals surface area (Å²) in [6.45, 7) is 2.78. The lowest BCUT2D eigenvalue weighted by Crippen LogP contribution is -2.49. The number of imide groups is 1. The average Bonchev–Trinajstić information content (AvgIpc) is 2.95. The highest BCUT2D eigenvalue weighted by molar-refractivity contribution is 6.42. The number of hydrogen-bond acceptors (Lipinski definition) is 5. The number of ether oxygens (including phenoxy) is 1. The van der Waals surface area contributed by atoms with E-state index in [0.29, 0.717) is 10.7 Å². The first-order chi connectivity index (χ1) is 14.2. The summed E-state index contributed by atoms with van der Waals surface area (Å²) in [6.07, 6.45) is 0. The topological polar surface area (TPSA) is 92.8 Å². The molecule has 2 aromatic rings. The second kappa shape index (κ2) is 8.85. The number of anilines is 1. The number of benzene rings is 2. The first-order valence-corrected chi connectivity index (χ1v) is 9.84. The Labute approximate surface area is 182 Å². The predicted octanol–water partition coefficient (Wildman–Crippen LogP) is 3.80. The third-order valence-corrected chi connectivity index (χ3v) is 5.26. The summed E-state index contributed by atoms with van der Waals surface area (Å²) in [5.74, 6) is -2.99. The molecule has 0 aromatic heterocycles. The molecule has 0 aliphatic carbocycles. The number of halogens is 2. The van der Waals surface area contributed by atoms with Crippen LogP contribution < -0.4 is 5.32 Å². The van der Waals surface area contributed by atoms with Crippen LogP contribution in [0.25, 0.3) is 0 Å². The maximum Gasteiger partial charge on any atom is 0.330 e. The molecule has 1 aliphatic heterocycles. The van der Waals surface area contributed by atoms with Crippen molar-refractivity contribution in [1.82, 2.24) is 4.90 Å². The van der Waals surface area contributed by atoms with Crippen molar-refractivity contribution in [3.8, 4) is 0 Å². The highest BCUT2D eigenvalue weighted by Crippen LogP contribution is 2.28. The van der Waals surface area contributed by atoms with E-state index in [0.717, 1.165) is 4.90 Å². The summed E-state index contributed by atoms with van der Waals surface area (Å²) in [5, 5.41) is 3.12. The van der Waals surface area contributed by atoms with E-state index in [1.807, 2.05) is 0 Å². The van der Waals surface area contributed by atoms with Crippen LogP contribution in [0.4, 0.5) is 5.69 Å². The monoisotopic (exact) mass is 448 g/mol. The number of fused-ring (bicyclic) bond motifs is 1. The first kappa shape index (κ1) is 21.8. The van der Waals surface area contributed by atoms with Crippen LogP contribution in [0.3, 0.4) is 0 Å². The van der Waals surface area contributed by atoms with Crippen molar-refractivity contribution in [2.24, 2.45) is 5.92 Å². The molecule has 1 aliphatic rings. The Morgan fingerprint density at radius 3 is 2.13 bits per heavy atom. The van der Waals surface area contributed by atoms with Crippen molar-refractivity contribution in [1.29, 1.82) is 0 Å². The number of esters is 1. The SMILES string of the molecule is CC(C)[C@H](C(=O)OCC(=O)Nc1ccc(Cl)c(Cl)c1)N1C(=O)c2ccccc2C1=O. The normalized spacial score (nSPS) is 14.0.